The van der Waals surface area contributed by atoms with E-state index in [2.05, 4.69) is 6.92 Å². The Labute approximate surface area is 179 Å². The SMILES string of the molecule is CCCCCCC(C)OC(=O)c1ccc(OC(=O)c2ccc(OCCC)cc2)cc1. The first-order valence-electron chi connectivity index (χ1n) is 10.8. The van der Waals surface area contributed by atoms with Crippen molar-refractivity contribution in [3.8, 4) is 11.5 Å². The zero-order valence-electron chi connectivity index (χ0n) is 18.2. The molecule has 5 heteroatoms. The van der Waals surface area contributed by atoms with Crippen LogP contribution in [0.4, 0.5) is 0 Å². The van der Waals surface area contributed by atoms with Crippen molar-refractivity contribution >= 4 is 11.9 Å². The van der Waals surface area contributed by atoms with Gasteiger partial charge in [0.05, 0.1) is 23.8 Å². The van der Waals surface area contributed by atoms with E-state index in [1.54, 1.807) is 48.5 Å². The molecule has 0 fully saturated rings. The Bertz CT molecular complexity index is 780. The Kier molecular flexibility index (Phi) is 9.92. The lowest BCUT2D eigenvalue weighted by Crippen LogP contribution is -2.15. The smallest absolute Gasteiger partial charge is 0.343 e. The molecule has 2 aromatic rings. The van der Waals surface area contributed by atoms with Crippen LogP contribution in [0.25, 0.3) is 0 Å². The maximum Gasteiger partial charge on any atom is 0.343 e. The summed E-state index contributed by atoms with van der Waals surface area (Å²) in [5, 5.41) is 0. The highest BCUT2D eigenvalue weighted by atomic mass is 16.5. The molecule has 1 unspecified atom stereocenters. The third kappa shape index (κ3) is 7.90. The van der Waals surface area contributed by atoms with Crippen molar-refractivity contribution in [2.45, 2.75) is 65.4 Å². The normalized spacial score (nSPS) is 11.6. The average Bonchev–Trinajstić information content (AvgIpc) is 2.76. The van der Waals surface area contributed by atoms with E-state index in [0.29, 0.717) is 23.5 Å². The van der Waals surface area contributed by atoms with E-state index in [1.165, 1.54) is 12.8 Å². The van der Waals surface area contributed by atoms with Gasteiger partial charge in [-0.05, 0) is 74.7 Å². The molecule has 5 nitrogen and oxygen atoms in total. The van der Waals surface area contributed by atoms with Crippen molar-refractivity contribution in [3.05, 3.63) is 59.7 Å². The third-order valence-electron chi connectivity index (χ3n) is 4.64. The van der Waals surface area contributed by atoms with Gasteiger partial charge < -0.3 is 14.2 Å². The Morgan fingerprint density at radius 3 is 1.97 bits per heavy atom. The van der Waals surface area contributed by atoms with Gasteiger partial charge in [0.2, 0.25) is 0 Å². The van der Waals surface area contributed by atoms with Crippen molar-refractivity contribution < 1.29 is 23.8 Å². The summed E-state index contributed by atoms with van der Waals surface area (Å²) in [6, 6.07) is 13.2. The molecule has 0 bridgehead atoms. The first-order valence-corrected chi connectivity index (χ1v) is 10.8. The predicted molar refractivity (Wildman–Crippen MR) is 117 cm³/mol. The highest BCUT2D eigenvalue weighted by Crippen LogP contribution is 2.18. The molecule has 0 saturated heterocycles. The molecule has 0 N–H and O–H groups in total. The van der Waals surface area contributed by atoms with Crippen molar-refractivity contribution in [3.63, 3.8) is 0 Å². The Morgan fingerprint density at radius 2 is 1.37 bits per heavy atom. The molecule has 0 aliphatic heterocycles. The van der Waals surface area contributed by atoms with Crippen LogP contribution in [0.15, 0.2) is 48.5 Å². The van der Waals surface area contributed by atoms with Gasteiger partial charge in [0.15, 0.2) is 0 Å². The molecule has 0 amide bonds. The first kappa shape index (κ1) is 23.5. The topological polar surface area (TPSA) is 61.8 Å². The summed E-state index contributed by atoms with van der Waals surface area (Å²) in [6.07, 6.45) is 6.28. The lowest BCUT2D eigenvalue weighted by atomic mass is 10.1. The van der Waals surface area contributed by atoms with Gasteiger partial charge in [-0.2, -0.15) is 0 Å². The van der Waals surface area contributed by atoms with Crippen LogP contribution in [0.2, 0.25) is 0 Å². The van der Waals surface area contributed by atoms with E-state index in [4.69, 9.17) is 14.2 Å². The molecule has 0 heterocycles. The van der Waals surface area contributed by atoms with E-state index in [1.807, 2.05) is 13.8 Å². The summed E-state index contributed by atoms with van der Waals surface area (Å²) in [4.78, 5) is 24.6. The number of unbranched alkanes of at least 4 members (excludes halogenated alkanes) is 3. The van der Waals surface area contributed by atoms with Crippen LogP contribution < -0.4 is 9.47 Å². The van der Waals surface area contributed by atoms with Crippen LogP contribution in [0.3, 0.4) is 0 Å². The number of benzene rings is 2. The maximum absolute atomic E-state index is 12.3. The van der Waals surface area contributed by atoms with Crippen molar-refractivity contribution in [1.29, 1.82) is 0 Å². The number of rotatable bonds is 12. The zero-order chi connectivity index (χ0) is 21.8. The van der Waals surface area contributed by atoms with Crippen molar-refractivity contribution in [2.75, 3.05) is 6.61 Å². The number of hydrogen-bond donors (Lipinski definition) is 0. The van der Waals surface area contributed by atoms with Gasteiger partial charge >= 0.3 is 11.9 Å². The molecule has 2 aromatic carbocycles. The van der Waals surface area contributed by atoms with Gasteiger partial charge in [0.1, 0.15) is 11.5 Å². The molecule has 0 aliphatic rings. The molecule has 1 atom stereocenters. The Balaban J connectivity index is 1.84. The zero-order valence-corrected chi connectivity index (χ0v) is 18.2. The minimum atomic E-state index is -0.465. The lowest BCUT2D eigenvalue weighted by Gasteiger charge is -2.13. The summed E-state index contributed by atoms with van der Waals surface area (Å²) >= 11 is 0. The average molecular weight is 413 g/mol. The summed E-state index contributed by atoms with van der Waals surface area (Å²) in [5.74, 6) is 0.262. The maximum atomic E-state index is 12.3. The van der Waals surface area contributed by atoms with Crippen LogP contribution in [0, 0.1) is 0 Å². The van der Waals surface area contributed by atoms with Crippen LogP contribution in [0.5, 0.6) is 11.5 Å². The highest BCUT2D eigenvalue weighted by Gasteiger charge is 2.13. The summed E-state index contributed by atoms with van der Waals surface area (Å²) in [7, 11) is 0. The molecular weight excluding hydrogens is 380 g/mol. The van der Waals surface area contributed by atoms with E-state index in [0.717, 1.165) is 31.4 Å². The standard InChI is InChI=1S/C25H32O5/c1-4-6-7-8-9-19(3)29-24(26)20-12-16-23(17-13-20)30-25(27)21-10-14-22(15-11-21)28-18-5-2/h10-17,19H,4-9,18H2,1-3H3. The van der Waals surface area contributed by atoms with E-state index in [9.17, 15) is 9.59 Å². The highest BCUT2D eigenvalue weighted by molar-refractivity contribution is 5.92. The van der Waals surface area contributed by atoms with Gasteiger partial charge in [-0.1, -0.05) is 33.1 Å². The van der Waals surface area contributed by atoms with E-state index in [-0.39, 0.29) is 12.1 Å². The molecular formula is C25H32O5. The summed E-state index contributed by atoms with van der Waals surface area (Å²) in [6.45, 7) is 6.75. The number of hydrogen-bond acceptors (Lipinski definition) is 5. The van der Waals surface area contributed by atoms with Gasteiger partial charge in [-0.3, -0.25) is 0 Å². The van der Waals surface area contributed by atoms with Crippen LogP contribution in [0.1, 0.15) is 80.0 Å². The molecule has 162 valence electrons. The van der Waals surface area contributed by atoms with Crippen molar-refractivity contribution in [1.82, 2.24) is 0 Å². The fraction of sp³-hybridized carbons (Fsp3) is 0.440. The molecule has 0 aromatic heterocycles. The molecule has 0 spiro atoms. The summed E-state index contributed by atoms with van der Waals surface area (Å²) in [5.41, 5.74) is 0.867. The molecule has 0 aliphatic carbocycles. The fourth-order valence-electron chi connectivity index (χ4n) is 2.90. The Hall–Kier alpha value is -2.82. The molecule has 0 radical (unpaired) electrons. The molecule has 30 heavy (non-hydrogen) atoms. The molecule has 2 rings (SSSR count). The summed E-state index contributed by atoms with van der Waals surface area (Å²) < 4.78 is 16.4. The van der Waals surface area contributed by atoms with Gasteiger partial charge in [0, 0.05) is 0 Å². The van der Waals surface area contributed by atoms with Crippen LogP contribution in [-0.2, 0) is 4.74 Å². The Morgan fingerprint density at radius 1 is 0.767 bits per heavy atom. The number of carbonyl (C=O) groups is 2. The van der Waals surface area contributed by atoms with Crippen molar-refractivity contribution in [2.24, 2.45) is 0 Å². The number of esters is 2. The number of carbonyl (C=O) groups excluding carboxylic acids is 2. The predicted octanol–water partition coefficient (Wildman–Crippen LogP) is 6.21. The van der Waals surface area contributed by atoms with Crippen LogP contribution >= 0.6 is 0 Å². The second kappa shape index (κ2) is 12.7. The van der Waals surface area contributed by atoms with Crippen LogP contribution in [-0.4, -0.2) is 24.6 Å². The van der Waals surface area contributed by atoms with E-state index < -0.39 is 5.97 Å². The van der Waals surface area contributed by atoms with Gasteiger partial charge in [0.25, 0.3) is 0 Å². The fourth-order valence-corrected chi connectivity index (χ4v) is 2.90. The third-order valence-corrected chi connectivity index (χ3v) is 4.64. The minimum absolute atomic E-state index is 0.115. The monoisotopic (exact) mass is 412 g/mol. The largest absolute Gasteiger partial charge is 0.494 e. The lowest BCUT2D eigenvalue weighted by molar-refractivity contribution is 0.0319. The minimum Gasteiger partial charge on any atom is -0.494 e. The second-order valence-electron chi connectivity index (χ2n) is 7.35. The van der Waals surface area contributed by atoms with E-state index >= 15 is 0 Å². The van der Waals surface area contributed by atoms with Gasteiger partial charge in [-0.25, -0.2) is 9.59 Å². The number of ether oxygens (including phenoxy) is 3. The quantitative estimate of drug-likeness (QED) is 0.236. The first-order chi connectivity index (χ1) is 14.5. The molecule has 0 saturated carbocycles. The second-order valence-corrected chi connectivity index (χ2v) is 7.35. The van der Waals surface area contributed by atoms with Gasteiger partial charge in [-0.15, -0.1) is 0 Å².